The summed E-state index contributed by atoms with van der Waals surface area (Å²) in [5.74, 6) is 0.885. The second-order valence-corrected chi connectivity index (χ2v) is 6.48. The van der Waals surface area contributed by atoms with E-state index < -0.39 is 0 Å². The number of carbonyl (C=O) groups is 2. The fourth-order valence-electron chi connectivity index (χ4n) is 2.17. The van der Waals surface area contributed by atoms with Crippen molar-refractivity contribution >= 4 is 27.8 Å². The monoisotopic (exact) mass is 401 g/mol. The molecular weight excluding hydrogens is 378 g/mol. The van der Waals surface area contributed by atoms with Crippen LogP contribution in [0.1, 0.15) is 25.8 Å². The molecular formula is C17H24BrNO5. The molecule has 0 fully saturated rings. The number of hydrogen-bond acceptors (Lipinski definition) is 5. The van der Waals surface area contributed by atoms with Crippen molar-refractivity contribution in [2.45, 2.75) is 31.6 Å². The first-order valence-corrected chi connectivity index (χ1v) is 8.63. The first-order chi connectivity index (χ1) is 11.4. The Morgan fingerprint density at radius 2 is 1.96 bits per heavy atom. The molecule has 0 saturated heterocycles. The quantitative estimate of drug-likeness (QED) is 0.470. The second kappa shape index (κ2) is 10.2. The van der Waals surface area contributed by atoms with Gasteiger partial charge in [-0.2, -0.15) is 0 Å². The zero-order valence-corrected chi connectivity index (χ0v) is 16.1. The summed E-state index contributed by atoms with van der Waals surface area (Å²) in [6.45, 7) is 4.45. The van der Waals surface area contributed by atoms with Gasteiger partial charge in [0.2, 0.25) is 5.91 Å². The van der Waals surface area contributed by atoms with E-state index in [2.05, 4.69) is 15.9 Å². The van der Waals surface area contributed by atoms with Gasteiger partial charge in [0.05, 0.1) is 32.1 Å². The Labute approximate surface area is 151 Å². The molecule has 1 atom stereocenters. The molecule has 0 aromatic heterocycles. The molecule has 24 heavy (non-hydrogen) atoms. The summed E-state index contributed by atoms with van der Waals surface area (Å²) in [7, 11) is 3.15. The number of rotatable bonds is 9. The molecule has 7 heteroatoms. The highest BCUT2D eigenvalue weighted by molar-refractivity contribution is 9.10. The van der Waals surface area contributed by atoms with E-state index in [1.807, 2.05) is 12.1 Å². The van der Waals surface area contributed by atoms with Crippen molar-refractivity contribution in [3.63, 3.8) is 0 Å². The molecule has 1 aromatic carbocycles. The van der Waals surface area contributed by atoms with Crippen molar-refractivity contribution < 1.29 is 23.8 Å². The summed E-state index contributed by atoms with van der Waals surface area (Å²) in [5, 5.41) is 0. The predicted octanol–water partition coefficient (Wildman–Crippen LogP) is 2.77. The molecule has 0 bridgehead atoms. The Kier molecular flexibility index (Phi) is 8.60. The molecule has 1 unspecified atom stereocenters. The lowest BCUT2D eigenvalue weighted by Gasteiger charge is -2.25. The van der Waals surface area contributed by atoms with Gasteiger partial charge in [0.15, 0.2) is 0 Å². The van der Waals surface area contributed by atoms with Crippen molar-refractivity contribution in [3.05, 3.63) is 23.8 Å². The highest BCUT2D eigenvalue weighted by Crippen LogP contribution is 2.26. The number of halogens is 1. The molecule has 1 aromatic rings. The maximum atomic E-state index is 12.4. The van der Waals surface area contributed by atoms with Crippen molar-refractivity contribution in [1.82, 2.24) is 4.90 Å². The number of hydrogen-bond donors (Lipinski definition) is 0. The second-order valence-electron chi connectivity index (χ2n) is 5.11. The van der Waals surface area contributed by atoms with Crippen molar-refractivity contribution in [2.24, 2.45) is 0 Å². The molecule has 1 amide bonds. The number of benzene rings is 1. The third-order valence-electron chi connectivity index (χ3n) is 3.40. The fourth-order valence-corrected chi connectivity index (χ4v) is 2.46. The number of amides is 1. The van der Waals surface area contributed by atoms with Crippen LogP contribution in [0.15, 0.2) is 18.2 Å². The maximum absolute atomic E-state index is 12.4. The Morgan fingerprint density at radius 1 is 1.25 bits per heavy atom. The van der Waals surface area contributed by atoms with Crippen LogP contribution < -0.4 is 9.47 Å². The average molecular weight is 402 g/mol. The van der Waals surface area contributed by atoms with Crippen LogP contribution in [0.4, 0.5) is 0 Å². The molecule has 0 saturated carbocycles. The van der Waals surface area contributed by atoms with Gasteiger partial charge in [-0.15, -0.1) is 0 Å². The SMILES string of the molecule is CCOC(=O)CCN(Cc1ccc(OC)cc1OC)C(=O)C(C)Br. The summed E-state index contributed by atoms with van der Waals surface area (Å²) in [6.07, 6.45) is 0.151. The Hall–Kier alpha value is -1.76. The summed E-state index contributed by atoms with van der Waals surface area (Å²) in [5.41, 5.74) is 0.837. The van der Waals surface area contributed by atoms with Gasteiger partial charge in [-0.25, -0.2) is 0 Å². The molecule has 0 aliphatic carbocycles. The van der Waals surface area contributed by atoms with Gasteiger partial charge in [-0.05, 0) is 26.0 Å². The maximum Gasteiger partial charge on any atom is 0.307 e. The third kappa shape index (κ3) is 6.03. The van der Waals surface area contributed by atoms with Gasteiger partial charge in [-0.1, -0.05) is 15.9 Å². The Balaban J connectivity index is 2.91. The van der Waals surface area contributed by atoms with Crippen LogP contribution in [-0.4, -0.2) is 49.0 Å². The normalized spacial score (nSPS) is 11.5. The highest BCUT2D eigenvalue weighted by atomic mass is 79.9. The van der Waals surface area contributed by atoms with E-state index in [1.165, 1.54) is 0 Å². The number of methoxy groups -OCH3 is 2. The topological polar surface area (TPSA) is 65.1 Å². The molecule has 0 N–H and O–H groups in total. The van der Waals surface area contributed by atoms with Crippen LogP contribution >= 0.6 is 15.9 Å². The lowest BCUT2D eigenvalue weighted by Crippen LogP contribution is -2.36. The van der Waals surface area contributed by atoms with Gasteiger partial charge in [0, 0.05) is 24.7 Å². The number of carbonyl (C=O) groups excluding carboxylic acids is 2. The number of ether oxygens (including phenoxy) is 3. The van der Waals surface area contributed by atoms with E-state index in [0.717, 1.165) is 5.56 Å². The lowest BCUT2D eigenvalue weighted by atomic mass is 10.1. The van der Waals surface area contributed by atoms with Crippen LogP contribution in [0.5, 0.6) is 11.5 Å². The third-order valence-corrected chi connectivity index (χ3v) is 3.79. The van der Waals surface area contributed by atoms with E-state index in [-0.39, 0.29) is 29.7 Å². The number of nitrogens with zero attached hydrogens (tertiary/aromatic N) is 1. The smallest absolute Gasteiger partial charge is 0.307 e. The minimum absolute atomic E-state index is 0.0998. The standard InChI is InChI=1S/C17H24BrNO5/c1-5-24-16(20)8-9-19(17(21)12(2)18)11-13-6-7-14(22-3)10-15(13)23-4/h6-7,10,12H,5,8-9,11H2,1-4H3. The largest absolute Gasteiger partial charge is 0.497 e. The van der Waals surface area contributed by atoms with E-state index in [0.29, 0.717) is 24.7 Å². The van der Waals surface area contributed by atoms with Crippen LogP contribution in [0.2, 0.25) is 0 Å². The summed E-state index contributed by atoms with van der Waals surface area (Å²) >= 11 is 3.29. The van der Waals surface area contributed by atoms with Crippen LogP contribution in [0.3, 0.4) is 0 Å². The molecule has 6 nitrogen and oxygen atoms in total. The van der Waals surface area contributed by atoms with Crippen LogP contribution in [-0.2, 0) is 20.9 Å². The van der Waals surface area contributed by atoms with Gasteiger partial charge in [0.25, 0.3) is 0 Å². The first kappa shape index (κ1) is 20.3. The minimum atomic E-state index is -0.344. The Bertz CT molecular complexity index is 562. The minimum Gasteiger partial charge on any atom is -0.497 e. The molecule has 0 heterocycles. The molecule has 0 radical (unpaired) electrons. The zero-order chi connectivity index (χ0) is 18.1. The lowest BCUT2D eigenvalue weighted by molar-refractivity contribution is -0.144. The average Bonchev–Trinajstić information content (AvgIpc) is 2.58. The van der Waals surface area contributed by atoms with Crippen molar-refractivity contribution in [2.75, 3.05) is 27.4 Å². The predicted molar refractivity (Wildman–Crippen MR) is 94.6 cm³/mol. The van der Waals surface area contributed by atoms with Gasteiger partial charge in [-0.3, -0.25) is 9.59 Å². The Morgan fingerprint density at radius 3 is 2.50 bits per heavy atom. The van der Waals surface area contributed by atoms with Gasteiger partial charge in [0.1, 0.15) is 11.5 Å². The summed E-state index contributed by atoms with van der Waals surface area (Å²) in [4.78, 5) is 25.3. The highest BCUT2D eigenvalue weighted by Gasteiger charge is 2.21. The van der Waals surface area contributed by atoms with Gasteiger partial charge >= 0.3 is 5.97 Å². The number of esters is 1. The van der Waals surface area contributed by atoms with Crippen molar-refractivity contribution in [3.8, 4) is 11.5 Å². The van der Waals surface area contributed by atoms with Crippen molar-refractivity contribution in [1.29, 1.82) is 0 Å². The van der Waals surface area contributed by atoms with E-state index in [9.17, 15) is 9.59 Å². The summed E-state index contributed by atoms with van der Waals surface area (Å²) < 4.78 is 15.5. The summed E-state index contributed by atoms with van der Waals surface area (Å²) in [6, 6.07) is 5.42. The molecule has 0 aliphatic heterocycles. The van der Waals surface area contributed by atoms with E-state index >= 15 is 0 Å². The molecule has 134 valence electrons. The van der Waals surface area contributed by atoms with Crippen LogP contribution in [0.25, 0.3) is 0 Å². The van der Waals surface area contributed by atoms with E-state index in [1.54, 1.807) is 39.0 Å². The zero-order valence-electron chi connectivity index (χ0n) is 14.5. The number of alkyl halides is 1. The first-order valence-electron chi connectivity index (χ1n) is 7.72. The van der Waals surface area contributed by atoms with Crippen LogP contribution in [0, 0.1) is 0 Å². The van der Waals surface area contributed by atoms with E-state index in [4.69, 9.17) is 14.2 Å². The van der Waals surface area contributed by atoms with Gasteiger partial charge < -0.3 is 19.1 Å². The molecule has 0 aliphatic rings. The molecule has 1 rings (SSSR count). The molecule has 0 spiro atoms. The fraction of sp³-hybridized carbons (Fsp3) is 0.529.